The Kier molecular flexibility index (Phi) is 3.70. The highest BCUT2D eigenvalue weighted by atomic mass is 16.4. The molecule has 0 aliphatic carbocycles. The van der Waals surface area contributed by atoms with E-state index in [-0.39, 0.29) is 17.1 Å². The number of benzene rings is 1. The third-order valence-electron chi connectivity index (χ3n) is 3.17. The van der Waals surface area contributed by atoms with Crippen LogP contribution in [0.1, 0.15) is 43.1 Å². The van der Waals surface area contributed by atoms with Gasteiger partial charge in [-0.1, -0.05) is 0 Å². The molecule has 1 heterocycles. The molecule has 0 radical (unpaired) electrons. The first-order valence-electron chi connectivity index (χ1n) is 6.74. The van der Waals surface area contributed by atoms with Crippen molar-refractivity contribution in [2.24, 2.45) is 0 Å². The van der Waals surface area contributed by atoms with E-state index in [1.54, 1.807) is 23.1 Å². The second-order valence-electron chi connectivity index (χ2n) is 6.08. The van der Waals surface area contributed by atoms with E-state index >= 15 is 0 Å². The number of urea groups is 1. The van der Waals surface area contributed by atoms with Gasteiger partial charge in [0, 0.05) is 17.8 Å². The Morgan fingerprint density at radius 2 is 2.00 bits per heavy atom. The Labute approximate surface area is 118 Å². The summed E-state index contributed by atoms with van der Waals surface area (Å²) in [5, 5.41) is 12.0. The highest BCUT2D eigenvalue weighted by molar-refractivity contribution is 5.95. The van der Waals surface area contributed by atoms with Gasteiger partial charge in [0.25, 0.3) is 0 Å². The molecule has 1 aromatic carbocycles. The molecule has 5 nitrogen and oxygen atoms in total. The smallest absolute Gasteiger partial charge is 0.335 e. The van der Waals surface area contributed by atoms with E-state index in [0.717, 1.165) is 24.1 Å². The lowest BCUT2D eigenvalue weighted by Crippen LogP contribution is -2.50. The molecule has 2 rings (SSSR count). The molecule has 2 N–H and O–H groups in total. The zero-order chi connectivity index (χ0) is 14.9. The van der Waals surface area contributed by atoms with Gasteiger partial charge in [0.15, 0.2) is 0 Å². The molecule has 2 amide bonds. The molecule has 0 fully saturated rings. The number of fused-ring (bicyclic) bond motifs is 1. The molecule has 0 unspecified atom stereocenters. The fourth-order valence-corrected chi connectivity index (χ4v) is 2.33. The normalized spacial score (nSPS) is 14.7. The number of anilines is 1. The van der Waals surface area contributed by atoms with Gasteiger partial charge in [-0.3, -0.25) is 4.90 Å². The standard InChI is InChI=1S/C15H20N2O3/c1-15(2,3)16-14(20)17-8-4-5-10-9-11(13(18)19)6-7-12(10)17/h6-7,9H,4-5,8H2,1-3H3,(H,16,20)(H,18,19). The van der Waals surface area contributed by atoms with Crippen LogP contribution in [0.25, 0.3) is 0 Å². The average molecular weight is 276 g/mol. The van der Waals surface area contributed by atoms with Crippen molar-refractivity contribution in [2.45, 2.75) is 39.2 Å². The zero-order valence-electron chi connectivity index (χ0n) is 12.1. The largest absolute Gasteiger partial charge is 0.478 e. The van der Waals surface area contributed by atoms with Gasteiger partial charge < -0.3 is 10.4 Å². The Balaban J connectivity index is 2.29. The van der Waals surface area contributed by atoms with Crippen LogP contribution in [0.5, 0.6) is 0 Å². The number of rotatable bonds is 1. The predicted octanol–water partition coefficient (Wildman–Crippen LogP) is 2.65. The Bertz CT molecular complexity index is 547. The topological polar surface area (TPSA) is 69.6 Å². The Morgan fingerprint density at radius 3 is 2.60 bits per heavy atom. The number of nitrogens with zero attached hydrogens (tertiary/aromatic N) is 1. The predicted molar refractivity (Wildman–Crippen MR) is 77.4 cm³/mol. The summed E-state index contributed by atoms with van der Waals surface area (Å²) in [6.45, 7) is 6.46. The van der Waals surface area contributed by atoms with Gasteiger partial charge in [-0.2, -0.15) is 0 Å². The van der Waals surface area contributed by atoms with Gasteiger partial charge in [0.05, 0.1) is 5.56 Å². The lowest BCUT2D eigenvalue weighted by Gasteiger charge is -2.32. The SMILES string of the molecule is CC(C)(C)NC(=O)N1CCCc2cc(C(=O)O)ccc21. The highest BCUT2D eigenvalue weighted by Crippen LogP contribution is 2.28. The van der Waals surface area contributed by atoms with Gasteiger partial charge in [-0.25, -0.2) is 9.59 Å². The number of aryl methyl sites for hydroxylation is 1. The molecule has 20 heavy (non-hydrogen) atoms. The average Bonchev–Trinajstić information content (AvgIpc) is 2.35. The van der Waals surface area contributed by atoms with Crippen LogP contribution in [-0.4, -0.2) is 29.2 Å². The van der Waals surface area contributed by atoms with Crippen LogP contribution < -0.4 is 10.2 Å². The zero-order valence-corrected chi connectivity index (χ0v) is 12.1. The third-order valence-corrected chi connectivity index (χ3v) is 3.17. The second-order valence-corrected chi connectivity index (χ2v) is 6.08. The molecule has 5 heteroatoms. The summed E-state index contributed by atoms with van der Waals surface area (Å²) in [5.74, 6) is -0.941. The molecule has 0 aromatic heterocycles. The van der Waals surface area contributed by atoms with Crippen molar-refractivity contribution in [1.82, 2.24) is 5.32 Å². The molecule has 1 aliphatic rings. The molecular formula is C15H20N2O3. The van der Waals surface area contributed by atoms with Crippen LogP contribution in [-0.2, 0) is 6.42 Å². The summed E-state index contributed by atoms with van der Waals surface area (Å²) in [6, 6.07) is 4.79. The monoisotopic (exact) mass is 276 g/mol. The number of carboxylic acid groups (broad SMARTS) is 1. The fraction of sp³-hybridized carbons (Fsp3) is 0.467. The minimum Gasteiger partial charge on any atom is -0.478 e. The van der Waals surface area contributed by atoms with Crippen LogP contribution in [0, 0.1) is 0 Å². The Morgan fingerprint density at radius 1 is 1.30 bits per heavy atom. The molecular weight excluding hydrogens is 256 g/mol. The molecule has 1 aromatic rings. The quantitative estimate of drug-likeness (QED) is 0.828. The lowest BCUT2D eigenvalue weighted by molar-refractivity contribution is 0.0696. The lowest BCUT2D eigenvalue weighted by atomic mass is 9.99. The van der Waals surface area contributed by atoms with E-state index in [0.29, 0.717) is 6.54 Å². The first-order valence-corrected chi connectivity index (χ1v) is 6.74. The van der Waals surface area contributed by atoms with Crippen molar-refractivity contribution < 1.29 is 14.7 Å². The van der Waals surface area contributed by atoms with Gasteiger partial charge >= 0.3 is 12.0 Å². The number of carbonyl (C=O) groups is 2. The summed E-state index contributed by atoms with van der Waals surface area (Å²) < 4.78 is 0. The van der Waals surface area contributed by atoms with Crippen LogP contribution in [0.4, 0.5) is 10.5 Å². The maximum Gasteiger partial charge on any atom is 0.335 e. The Hall–Kier alpha value is -2.04. The van der Waals surface area contributed by atoms with Gasteiger partial charge in [-0.15, -0.1) is 0 Å². The first kappa shape index (κ1) is 14.4. The summed E-state index contributed by atoms with van der Waals surface area (Å²) in [5.41, 5.74) is 1.69. The summed E-state index contributed by atoms with van der Waals surface area (Å²) in [7, 11) is 0. The van der Waals surface area contributed by atoms with Crippen molar-refractivity contribution in [3.8, 4) is 0 Å². The van der Waals surface area contributed by atoms with Crippen LogP contribution in [0.3, 0.4) is 0 Å². The minimum absolute atomic E-state index is 0.137. The molecule has 108 valence electrons. The van der Waals surface area contributed by atoms with E-state index in [1.165, 1.54) is 0 Å². The molecule has 0 spiro atoms. The fourth-order valence-electron chi connectivity index (χ4n) is 2.33. The highest BCUT2D eigenvalue weighted by Gasteiger charge is 2.25. The molecule has 0 saturated heterocycles. The van der Waals surface area contributed by atoms with Crippen LogP contribution in [0.2, 0.25) is 0 Å². The molecule has 0 bridgehead atoms. The van der Waals surface area contributed by atoms with Gasteiger partial charge in [-0.05, 0) is 57.4 Å². The maximum atomic E-state index is 12.3. The van der Waals surface area contributed by atoms with E-state index in [2.05, 4.69) is 5.32 Å². The second kappa shape index (κ2) is 5.15. The molecule has 1 aliphatic heterocycles. The molecule has 0 atom stereocenters. The number of aromatic carboxylic acids is 1. The van der Waals surface area contributed by atoms with E-state index in [4.69, 9.17) is 5.11 Å². The van der Waals surface area contributed by atoms with Crippen molar-refractivity contribution in [3.05, 3.63) is 29.3 Å². The van der Waals surface area contributed by atoms with E-state index < -0.39 is 5.97 Å². The summed E-state index contributed by atoms with van der Waals surface area (Å²) >= 11 is 0. The number of hydrogen-bond acceptors (Lipinski definition) is 2. The summed E-state index contributed by atoms with van der Waals surface area (Å²) in [6.07, 6.45) is 1.64. The van der Waals surface area contributed by atoms with Crippen LogP contribution in [0.15, 0.2) is 18.2 Å². The van der Waals surface area contributed by atoms with E-state index in [9.17, 15) is 9.59 Å². The summed E-state index contributed by atoms with van der Waals surface area (Å²) in [4.78, 5) is 25.0. The van der Waals surface area contributed by atoms with Gasteiger partial charge in [0.2, 0.25) is 0 Å². The minimum atomic E-state index is -0.941. The third kappa shape index (κ3) is 3.10. The number of carboxylic acids is 1. The van der Waals surface area contributed by atoms with Crippen molar-refractivity contribution in [2.75, 3.05) is 11.4 Å². The van der Waals surface area contributed by atoms with Crippen molar-refractivity contribution in [1.29, 1.82) is 0 Å². The number of hydrogen-bond donors (Lipinski definition) is 2. The van der Waals surface area contributed by atoms with Crippen LogP contribution >= 0.6 is 0 Å². The number of carbonyl (C=O) groups excluding carboxylic acids is 1. The number of amides is 2. The molecule has 0 saturated carbocycles. The number of nitrogens with one attached hydrogen (secondary N) is 1. The first-order chi connectivity index (χ1) is 9.28. The van der Waals surface area contributed by atoms with Crippen molar-refractivity contribution >= 4 is 17.7 Å². The maximum absolute atomic E-state index is 12.3. The van der Waals surface area contributed by atoms with Gasteiger partial charge in [0.1, 0.15) is 0 Å². The van der Waals surface area contributed by atoms with Crippen molar-refractivity contribution in [3.63, 3.8) is 0 Å². The van der Waals surface area contributed by atoms with E-state index in [1.807, 2.05) is 20.8 Å².